The summed E-state index contributed by atoms with van der Waals surface area (Å²) in [5, 5.41) is 30.8. The van der Waals surface area contributed by atoms with Crippen LogP contribution in [0, 0.1) is 0 Å². The number of piperidine rings is 1. The number of hydrogen-bond donors (Lipinski definition) is 4. The first-order chi connectivity index (χ1) is 15.5. The van der Waals surface area contributed by atoms with Crippen LogP contribution >= 0.6 is 12.6 Å². The molecular formula is C22H29N5O4S. The fourth-order valence-corrected chi connectivity index (χ4v) is 5.29. The molecular weight excluding hydrogens is 430 g/mol. The van der Waals surface area contributed by atoms with E-state index >= 15 is 0 Å². The zero-order chi connectivity index (χ0) is 22.3. The second-order valence-corrected chi connectivity index (χ2v) is 9.47. The van der Waals surface area contributed by atoms with E-state index in [1.165, 1.54) is 12.8 Å². The van der Waals surface area contributed by atoms with Gasteiger partial charge in [0.25, 0.3) is 0 Å². The molecule has 0 aromatic heterocycles. The Bertz CT molecular complexity index is 922. The summed E-state index contributed by atoms with van der Waals surface area (Å²) in [5.41, 5.74) is 1.70. The lowest BCUT2D eigenvalue weighted by Gasteiger charge is -2.40. The molecule has 0 aliphatic carbocycles. The Hall–Kier alpha value is -1.82. The fraction of sp³-hybridized carbons (Fsp3) is 0.591. The van der Waals surface area contributed by atoms with Gasteiger partial charge in [0, 0.05) is 19.5 Å². The molecule has 4 aliphatic heterocycles. The van der Waals surface area contributed by atoms with Crippen LogP contribution in [0.2, 0.25) is 0 Å². The van der Waals surface area contributed by atoms with E-state index in [1.807, 2.05) is 35.2 Å². The molecule has 172 valence electrons. The molecule has 2 saturated heterocycles. The van der Waals surface area contributed by atoms with Gasteiger partial charge >= 0.3 is 0 Å². The average molecular weight is 460 g/mol. The third-order valence-corrected chi connectivity index (χ3v) is 7.07. The maximum Gasteiger partial charge on any atom is 0.182 e. The van der Waals surface area contributed by atoms with Gasteiger partial charge < -0.3 is 20.1 Å². The van der Waals surface area contributed by atoms with Crippen molar-refractivity contribution in [2.24, 2.45) is 15.0 Å². The summed E-state index contributed by atoms with van der Waals surface area (Å²) in [4.78, 5) is 17.3. The van der Waals surface area contributed by atoms with Crippen molar-refractivity contribution in [3.05, 3.63) is 35.9 Å². The predicted octanol–water partition coefficient (Wildman–Crippen LogP) is 0.261. The molecule has 10 heteroatoms. The number of aliphatic hydroxyl groups excluding tert-OH is 3. The van der Waals surface area contributed by atoms with Crippen molar-refractivity contribution in [3.8, 4) is 0 Å². The van der Waals surface area contributed by atoms with E-state index in [4.69, 9.17) is 22.4 Å². The Labute approximate surface area is 192 Å². The van der Waals surface area contributed by atoms with Gasteiger partial charge in [-0.1, -0.05) is 36.8 Å². The summed E-state index contributed by atoms with van der Waals surface area (Å²) in [6.45, 7) is 1.33. The van der Waals surface area contributed by atoms with Gasteiger partial charge in [0.05, 0.1) is 6.61 Å². The number of aliphatic hydroxyl groups is 3. The van der Waals surface area contributed by atoms with Crippen LogP contribution in [0.1, 0.15) is 24.8 Å². The topological polar surface area (TPSA) is 113 Å². The van der Waals surface area contributed by atoms with Gasteiger partial charge in [-0.05, 0) is 18.4 Å². The van der Waals surface area contributed by atoms with Crippen LogP contribution in [0.15, 0.2) is 45.3 Å². The van der Waals surface area contributed by atoms with Crippen molar-refractivity contribution in [3.63, 3.8) is 0 Å². The standard InChI is InChI=1S/C22H29N5O4S/c28-12-15-16(29)17(30)20(31-15)27-19-18(25-21(27)26-9-5-2-6-10-26)22(32,24-13-23-19)11-14-7-3-1-4-8-14/h1,3-4,7-8,13,15-17,20-21,28-30,32H,2,5-6,9-12H2/t15-,16-,17-,20-,21?,22?/m1/s1. The number of benzene rings is 1. The Morgan fingerprint density at radius 2 is 1.84 bits per heavy atom. The van der Waals surface area contributed by atoms with Crippen LogP contribution in [0.25, 0.3) is 0 Å². The molecule has 0 radical (unpaired) electrons. The van der Waals surface area contributed by atoms with Crippen LogP contribution in [0.3, 0.4) is 0 Å². The number of aliphatic imine (C=N–C) groups is 3. The van der Waals surface area contributed by atoms with E-state index in [2.05, 4.69) is 14.9 Å². The van der Waals surface area contributed by atoms with Crippen LogP contribution in [-0.4, -0.2) is 98.4 Å². The highest BCUT2D eigenvalue weighted by atomic mass is 32.1. The summed E-state index contributed by atoms with van der Waals surface area (Å²) in [6.07, 6.45) is 0.685. The molecule has 5 rings (SSSR count). The predicted molar refractivity (Wildman–Crippen MR) is 124 cm³/mol. The molecule has 1 aromatic rings. The minimum Gasteiger partial charge on any atom is -0.394 e. The Kier molecular flexibility index (Phi) is 6.08. The molecule has 0 spiro atoms. The van der Waals surface area contributed by atoms with Gasteiger partial charge in [0.2, 0.25) is 0 Å². The van der Waals surface area contributed by atoms with Gasteiger partial charge in [-0.3, -0.25) is 9.80 Å². The van der Waals surface area contributed by atoms with Crippen LogP contribution in [0.4, 0.5) is 0 Å². The largest absolute Gasteiger partial charge is 0.394 e. The van der Waals surface area contributed by atoms with Crippen molar-refractivity contribution < 1.29 is 20.1 Å². The SMILES string of the molecule is OC[C@H]1O[C@@H](N2C3=NC=NC(S)(Cc4ccccc4)C3=NC2N2CCCCC2)[C@H](O)[C@@H]1O. The number of fused-ring (bicyclic) bond motifs is 1. The van der Waals surface area contributed by atoms with Gasteiger partial charge in [-0.25, -0.2) is 15.0 Å². The lowest BCUT2D eigenvalue weighted by Crippen LogP contribution is -2.57. The van der Waals surface area contributed by atoms with Gasteiger partial charge in [-0.15, -0.1) is 12.6 Å². The third-order valence-electron chi connectivity index (χ3n) is 6.58. The molecule has 1 aromatic carbocycles. The monoisotopic (exact) mass is 459 g/mol. The molecule has 3 N–H and O–H groups in total. The summed E-state index contributed by atoms with van der Waals surface area (Å²) < 4.78 is 5.90. The first-order valence-corrected chi connectivity index (χ1v) is 11.6. The summed E-state index contributed by atoms with van der Waals surface area (Å²) in [6, 6.07) is 9.98. The maximum atomic E-state index is 10.8. The van der Waals surface area contributed by atoms with Gasteiger partial charge in [-0.2, -0.15) is 0 Å². The molecule has 4 aliphatic rings. The number of amidine groups is 1. The first kappa shape index (κ1) is 22.0. The maximum absolute atomic E-state index is 10.8. The molecule has 0 bridgehead atoms. The fourth-order valence-electron chi connectivity index (χ4n) is 4.90. The number of rotatable bonds is 5. The van der Waals surface area contributed by atoms with E-state index in [0.29, 0.717) is 18.0 Å². The second kappa shape index (κ2) is 8.85. The molecule has 4 heterocycles. The number of thiol groups is 1. The number of likely N-dealkylation sites (tertiary alicyclic amines) is 1. The second-order valence-electron chi connectivity index (χ2n) is 8.73. The molecule has 9 nitrogen and oxygen atoms in total. The van der Waals surface area contributed by atoms with Crippen molar-refractivity contribution in [2.45, 2.75) is 61.4 Å². The van der Waals surface area contributed by atoms with E-state index in [1.54, 1.807) is 0 Å². The third kappa shape index (κ3) is 3.78. The van der Waals surface area contributed by atoms with Crippen molar-refractivity contribution in [1.82, 2.24) is 9.80 Å². The van der Waals surface area contributed by atoms with Crippen LogP contribution in [-0.2, 0) is 11.2 Å². The van der Waals surface area contributed by atoms with Crippen molar-refractivity contribution >= 4 is 30.5 Å². The van der Waals surface area contributed by atoms with E-state index in [9.17, 15) is 15.3 Å². The zero-order valence-corrected chi connectivity index (χ0v) is 18.6. The summed E-state index contributed by atoms with van der Waals surface area (Å²) in [7, 11) is 0. The van der Waals surface area contributed by atoms with Crippen LogP contribution < -0.4 is 0 Å². The Morgan fingerprint density at radius 3 is 2.53 bits per heavy atom. The van der Waals surface area contributed by atoms with Crippen LogP contribution in [0.5, 0.6) is 0 Å². The molecule has 0 saturated carbocycles. The molecule has 2 unspecified atom stereocenters. The number of hydrogen-bond acceptors (Lipinski definition) is 10. The number of ether oxygens (including phenoxy) is 1. The minimum absolute atomic E-state index is 0.386. The minimum atomic E-state index is -1.21. The molecule has 0 amide bonds. The highest BCUT2D eigenvalue weighted by molar-refractivity contribution is 7.83. The Morgan fingerprint density at radius 1 is 1.09 bits per heavy atom. The van der Waals surface area contributed by atoms with Crippen molar-refractivity contribution in [2.75, 3.05) is 19.7 Å². The smallest absolute Gasteiger partial charge is 0.182 e. The normalized spacial score (nSPS) is 37.4. The number of nitrogens with zero attached hydrogens (tertiary/aromatic N) is 5. The Balaban J connectivity index is 1.51. The molecule has 32 heavy (non-hydrogen) atoms. The highest BCUT2D eigenvalue weighted by Gasteiger charge is 2.54. The quantitative estimate of drug-likeness (QED) is 0.470. The summed E-state index contributed by atoms with van der Waals surface area (Å²) in [5.74, 6) is 0.538. The average Bonchev–Trinajstić information content (AvgIpc) is 3.34. The zero-order valence-electron chi connectivity index (χ0n) is 17.7. The van der Waals surface area contributed by atoms with E-state index in [-0.39, 0.29) is 6.61 Å². The van der Waals surface area contributed by atoms with Gasteiger partial charge in [0.15, 0.2) is 23.2 Å². The van der Waals surface area contributed by atoms with E-state index in [0.717, 1.165) is 31.5 Å². The lowest BCUT2D eigenvalue weighted by atomic mass is 10.00. The van der Waals surface area contributed by atoms with E-state index < -0.39 is 35.7 Å². The molecule has 6 atom stereocenters. The lowest BCUT2D eigenvalue weighted by molar-refractivity contribution is -0.103. The highest BCUT2D eigenvalue weighted by Crippen LogP contribution is 2.37. The first-order valence-electron chi connectivity index (χ1n) is 11.1. The molecule has 2 fully saturated rings. The van der Waals surface area contributed by atoms with Crippen molar-refractivity contribution in [1.29, 1.82) is 0 Å². The summed E-state index contributed by atoms with van der Waals surface area (Å²) >= 11 is 4.95. The van der Waals surface area contributed by atoms with Gasteiger partial charge in [0.1, 0.15) is 30.4 Å².